The van der Waals surface area contributed by atoms with Crippen molar-refractivity contribution < 1.29 is 24.6 Å². The summed E-state index contributed by atoms with van der Waals surface area (Å²) in [6.07, 6.45) is 12.3. The third-order valence-corrected chi connectivity index (χ3v) is 10.1. The number of carbonyl (C=O) groups is 3. The summed E-state index contributed by atoms with van der Waals surface area (Å²) in [5, 5.41) is 28.1. The highest BCUT2D eigenvalue weighted by Crippen LogP contribution is 2.29. The average Bonchev–Trinajstić information content (AvgIpc) is 3.54. The molecule has 3 amide bonds. The Balaban J connectivity index is 1.47. The van der Waals surface area contributed by atoms with E-state index in [-0.39, 0.29) is 31.1 Å². The summed E-state index contributed by atoms with van der Waals surface area (Å²) in [4.78, 5) is 47.6. The van der Waals surface area contributed by atoms with Crippen LogP contribution in [0.5, 0.6) is 0 Å². The van der Waals surface area contributed by atoms with Gasteiger partial charge in [0.15, 0.2) is 0 Å². The molecule has 1 aliphatic rings. The minimum absolute atomic E-state index is 0.0458. The highest BCUT2D eigenvalue weighted by Gasteiger charge is 2.34. The van der Waals surface area contributed by atoms with Crippen LogP contribution in [0.1, 0.15) is 83.6 Å². The van der Waals surface area contributed by atoms with Crippen molar-refractivity contribution in [3.63, 3.8) is 0 Å². The predicted molar refractivity (Wildman–Crippen MR) is 200 cm³/mol. The molecule has 1 fully saturated rings. The molecule has 0 saturated heterocycles. The molecule has 1 heterocycles. The van der Waals surface area contributed by atoms with E-state index in [9.17, 15) is 24.6 Å². The lowest BCUT2D eigenvalue weighted by Crippen LogP contribution is -2.56. The van der Waals surface area contributed by atoms with Crippen LogP contribution in [0.3, 0.4) is 0 Å². The van der Waals surface area contributed by atoms with Crippen molar-refractivity contribution in [2.75, 3.05) is 13.6 Å². The molecule has 1 aliphatic carbocycles. The van der Waals surface area contributed by atoms with E-state index in [4.69, 9.17) is 6.42 Å². The first-order valence-corrected chi connectivity index (χ1v) is 18.6. The molecule has 3 aromatic rings. The van der Waals surface area contributed by atoms with Crippen molar-refractivity contribution in [3.8, 4) is 12.3 Å². The number of likely N-dealkylation sites (N-methyl/N-ethyl adjacent to an activating group) is 1. The molecule has 1 aromatic heterocycles. The molecular weight excluding hydrogens is 642 g/mol. The first-order valence-electron chi connectivity index (χ1n) is 18.6. The maximum absolute atomic E-state index is 14.0. The molecule has 5 atom stereocenters. The van der Waals surface area contributed by atoms with E-state index >= 15 is 0 Å². The van der Waals surface area contributed by atoms with E-state index in [1.165, 1.54) is 6.42 Å². The van der Waals surface area contributed by atoms with Crippen LogP contribution in [0.4, 0.5) is 0 Å². The summed E-state index contributed by atoms with van der Waals surface area (Å²) in [7, 11) is 1.73. The molecule has 0 radical (unpaired) electrons. The zero-order valence-corrected chi connectivity index (χ0v) is 30.5. The van der Waals surface area contributed by atoms with Crippen LogP contribution in [0.15, 0.2) is 60.9 Å². The maximum Gasteiger partial charge on any atom is 0.242 e. The number of aliphatic hydroxyl groups is 2. The quantitative estimate of drug-likeness (QED) is 0.132. The lowest BCUT2D eigenvalue weighted by molar-refractivity contribution is -0.137. The normalized spacial score (nSPS) is 16.5. The van der Waals surface area contributed by atoms with Crippen molar-refractivity contribution in [2.45, 2.75) is 115 Å². The standard InChI is InChI=1S/C41H57N5O5/c1-5-6-19-34(41(51)44-35(26-31-17-11-8-12-18-31)39(49)37(47)24-29(2)3)43-40(50)32(25-30-15-9-7-10-16-30)27-38(48)45(4)22-23-46-28-42-33-20-13-14-21-36(33)46/h1,7,9-10,13-16,20-21,28-29,31-32,34-35,37,39,47,49H,6,8,11-12,17-19,22-27H2,2-4H3,(H,43,50)(H,44,51)/t32-,34?,35+,37+,39-/m1/s1. The Morgan fingerprint density at radius 1 is 1.00 bits per heavy atom. The number of rotatable bonds is 19. The first-order chi connectivity index (χ1) is 24.5. The Hall–Kier alpha value is -4.20. The van der Waals surface area contributed by atoms with Gasteiger partial charge in [-0.05, 0) is 55.2 Å². The van der Waals surface area contributed by atoms with Gasteiger partial charge < -0.3 is 30.3 Å². The minimum atomic E-state index is -1.15. The monoisotopic (exact) mass is 699 g/mol. The van der Waals surface area contributed by atoms with Crippen LogP contribution >= 0.6 is 0 Å². The van der Waals surface area contributed by atoms with Gasteiger partial charge in [-0.2, -0.15) is 0 Å². The molecule has 276 valence electrons. The number of aliphatic hydroxyl groups excluding tert-OH is 2. The number of fused-ring (bicyclic) bond motifs is 1. The molecule has 51 heavy (non-hydrogen) atoms. The van der Waals surface area contributed by atoms with Gasteiger partial charge >= 0.3 is 0 Å². The van der Waals surface area contributed by atoms with E-state index in [0.717, 1.165) is 42.3 Å². The Morgan fingerprint density at radius 3 is 2.41 bits per heavy atom. The number of amides is 3. The SMILES string of the molecule is C#CCCC(NC(=O)[C@@H](CC(=O)N(C)CCn1cnc2ccccc21)Cc1ccccc1)C(=O)N[C@@H](CC1CCCCC1)[C@@H](O)[C@@H](O)CC(C)C. The maximum atomic E-state index is 14.0. The van der Waals surface area contributed by atoms with Gasteiger partial charge in [-0.15, -0.1) is 12.3 Å². The second-order valence-corrected chi connectivity index (χ2v) is 14.7. The highest BCUT2D eigenvalue weighted by atomic mass is 16.3. The number of hydrogen-bond donors (Lipinski definition) is 4. The second-order valence-electron chi connectivity index (χ2n) is 14.7. The van der Waals surface area contributed by atoms with Gasteiger partial charge in [0.2, 0.25) is 17.7 Å². The number of terminal acetylenes is 1. The molecule has 1 saturated carbocycles. The van der Waals surface area contributed by atoms with E-state index in [0.29, 0.717) is 38.3 Å². The van der Waals surface area contributed by atoms with Crippen LogP contribution in [-0.2, 0) is 27.3 Å². The van der Waals surface area contributed by atoms with E-state index in [1.54, 1.807) is 18.3 Å². The van der Waals surface area contributed by atoms with Crippen molar-refractivity contribution in [1.82, 2.24) is 25.1 Å². The lowest BCUT2D eigenvalue weighted by atomic mass is 9.82. The zero-order chi connectivity index (χ0) is 36.8. The van der Waals surface area contributed by atoms with E-state index < -0.39 is 42.0 Å². The van der Waals surface area contributed by atoms with Gasteiger partial charge in [-0.25, -0.2) is 4.98 Å². The van der Waals surface area contributed by atoms with Gasteiger partial charge in [0.1, 0.15) is 12.1 Å². The molecule has 10 nitrogen and oxygen atoms in total. The van der Waals surface area contributed by atoms with Crippen LogP contribution in [0.25, 0.3) is 11.0 Å². The number of hydrogen-bond acceptors (Lipinski definition) is 6. The van der Waals surface area contributed by atoms with Crippen molar-refractivity contribution in [2.24, 2.45) is 17.8 Å². The molecular formula is C41H57N5O5. The number of nitrogens with one attached hydrogen (secondary N) is 2. The molecule has 0 aliphatic heterocycles. The summed E-state index contributed by atoms with van der Waals surface area (Å²) < 4.78 is 2.00. The number of aromatic nitrogens is 2. The number of imidazole rings is 1. The van der Waals surface area contributed by atoms with Crippen molar-refractivity contribution in [1.29, 1.82) is 0 Å². The highest BCUT2D eigenvalue weighted by molar-refractivity contribution is 5.91. The summed E-state index contributed by atoms with van der Waals surface area (Å²) >= 11 is 0. The third-order valence-electron chi connectivity index (χ3n) is 10.1. The molecule has 4 rings (SSSR count). The number of benzene rings is 2. The summed E-state index contributed by atoms with van der Waals surface area (Å²) in [6, 6.07) is 15.7. The second kappa shape index (κ2) is 20.0. The third kappa shape index (κ3) is 12.2. The molecule has 4 N–H and O–H groups in total. The number of para-hydroxylation sites is 2. The van der Waals surface area contributed by atoms with Crippen LogP contribution in [-0.4, -0.2) is 80.3 Å². The van der Waals surface area contributed by atoms with Gasteiger partial charge in [-0.1, -0.05) is 88.4 Å². The summed E-state index contributed by atoms with van der Waals surface area (Å²) in [5.74, 6) is 1.27. The van der Waals surface area contributed by atoms with Crippen molar-refractivity contribution in [3.05, 3.63) is 66.5 Å². The first kappa shape index (κ1) is 39.6. The molecule has 2 aromatic carbocycles. The Labute approximate surface area is 303 Å². The predicted octanol–water partition coefficient (Wildman–Crippen LogP) is 4.87. The lowest BCUT2D eigenvalue weighted by Gasteiger charge is -2.34. The molecule has 10 heteroatoms. The van der Waals surface area contributed by atoms with Crippen molar-refractivity contribution >= 4 is 28.8 Å². The summed E-state index contributed by atoms with van der Waals surface area (Å²) in [6.45, 7) is 4.93. The fraction of sp³-hybridized carbons (Fsp3) is 0.561. The van der Waals surface area contributed by atoms with Gasteiger partial charge in [0, 0.05) is 33.0 Å². The minimum Gasteiger partial charge on any atom is -0.390 e. The van der Waals surface area contributed by atoms with Crippen LogP contribution in [0.2, 0.25) is 0 Å². The Morgan fingerprint density at radius 2 is 1.71 bits per heavy atom. The summed E-state index contributed by atoms with van der Waals surface area (Å²) in [5.41, 5.74) is 2.77. The molecule has 1 unspecified atom stereocenters. The van der Waals surface area contributed by atoms with E-state index in [2.05, 4.69) is 21.5 Å². The fourth-order valence-electron chi connectivity index (χ4n) is 7.12. The van der Waals surface area contributed by atoms with E-state index in [1.807, 2.05) is 73.0 Å². The Kier molecular flexibility index (Phi) is 15.5. The fourth-order valence-corrected chi connectivity index (χ4v) is 7.12. The smallest absolute Gasteiger partial charge is 0.242 e. The number of carbonyl (C=O) groups excluding carboxylic acids is 3. The largest absolute Gasteiger partial charge is 0.390 e. The van der Waals surface area contributed by atoms with Crippen LogP contribution < -0.4 is 10.6 Å². The van der Waals surface area contributed by atoms with Crippen LogP contribution in [0, 0.1) is 30.1 Å². The molecule has 0 spiro atoms. The number of nitrogens with zero attached hydrogens (tertiary/aromatic N) is 3. The van der Waals surface area contributed by atoms with Gasteiger partial charge in [-0.3, -0.25) is 14.4 Å². The molecule has 0 bridgehead atoms. The zero-order valence-electron chi connectivity index (χ0n) is 30.5. The Bertz CT molecular complexity index is 1580. The van der Waals surface area contributed by atoms with Gasteiger partial charge in [0.05, 0.1) is 35.4 Å². The van der Waals surface area contributed by atoms with Gasteiger partial charge in [0.25, 0.3) is 0 Å². The average molecular weight is 700 g/mol. The topological polar surface area (TPSA) is 137 Å².